The van der Waals surface area contributed by atoms with Gasteiger partial charge in [0.15, 0.2) is 11.5 Å². The van der Waals surface area contributed by atoms with Gasteiger partial charge >= 0.3 is 0 Å². The van der Waals surface area contributed by atoms with Gasteiger partial charge in [0.1, 0.15) is 0 Å². The number of rotatable bonds is 7. The Bertz CT molecular complexity index is 339. The summed E-state index contributed by atoms with van der Waals surface area (Å²) < 4.78 is 11.1. The number of alkyl halides is 1. The summed E-state index contributed by atoms with van der Waals surface area (Å²) in [4.78, 5) is 0. The Morgan fingerprint density at radius 3 is 2.65 bits per heavy atom. The van der Waals surface area contributed by atoms with Crippen LogP contribution in [0.5, 0.6) is 11.5 Å². The predicted molar refractivity (Wildman–Crippen MR) is 75.2 cm³/mol. The Kier molecular flexibility index (Phi) is 6.41. The number of hydrogen-bond donors (Lipinski definition) is 0. The number of benzene rings is 1. The minimum absolute atomic E-state index is 0.584. The summed E-state index contributed by atoms with van der Waals surface area (Å²) in [5, 5.41) is 0.829. The Labute approximate surface area is 112 Å². The lowest BCUT2D eigenvalue weighted by Gasteiger charge is -2.15. The van der Waals surface area contributed by atoms with Gasteiger partial charge in [-0.2, -0.15) is 0 Å². The van der Waals surface area contributed by atoms with Gasteiger partial charge in [0.2, 0.25) is 0 Å². The van der Waals surface area contributed by atoms with Gasteiger partial charge in [0.25, 0.3) is 0 Å². The highest BCUT2D eigenvalue weighted by Crippen LogP contribution is 2.29. The van der Waals surface area contributed by atoms with E-state index in [1.807, 2.05) is 12.1 Å². The second-order valence-electron chi connectivity index (χ2n) is 4.32. The minimum atomic E-state index is 0.584. The van der Waals surface area contributed by atoms with Gasteiger partial charge in [0.05, 0.1) is 13.7 Å². The first-order chi connectivity index (χ1) is 8.21. The molecule has 17 heavy (non-hydrogen) atoms. The predicted octanol–water partition coefficient (Wildman–Crippen LogP) is 4.41. The van der Waals surface area contributed by atoms with Crippen molar-refractivity contribution in [2.24, 2.45) is 5.92 Å². The van der Waals surface area contributed by atoms with Crippen molar-refractivity contribution in [1.29, 1.82) is 0 Å². The molecule has 0 saturated heterocycles. The SMILES string of the molecule is CCCC(C)COc1ccc(CBr)cc1OC. The molecule has 0 fully saturated rings. The van der Waals surface area contributed by atoms with Crippen LogP contribution in [0.4, 0.5) is 0 Å². The molecule has 1 aromatic rings. The van der Waals surface area contributed by atoms with E-state index in [0.717, 1.165) is 23.4 Å². The van der Waals surface area contributed by atoms with Crippen LogP contribution in [0.1, 0.15) is 32.3 Å². The first kappa shape index (κ1) is 14.4. The van der Waals surface area contributed by atoms with Crippen LogP contribution < -0.4 is 9.47 Å². The van der Waals surface area contributed by atoms with Crippen LogP contribution >= 0.6 is 15.9 Å². The summed E-state index contributed by atoms with van der Waals surface area (Å²) in [6.45, 7) is 5.16. The van der Waals surface area contributed by atoms with Gasteiger partial charge < -0.3 is 9.47 Å². The van der Waals surface area contributed by atoms with Crippen molar-refractivity contribution in [2.45, 2.75) is 32.0 Å². The van der Waals surface area contributed by atoms with E-state index in [1.165, 1.54) is 18.4 Å². The van der Waals surface area contributed by atoms with Crippen molar-refractivity contribution in [1.82, 2.24) is 0 Å². The summed E-state index contributed by atoms with van der Waals surface area (Å²) in [6.07, 6.45) is 2.39. The van der Waals surface area contributed by atoms with Crippen molar-refractivity contribution in [3.8, 4) is 11.5 Å². The standard InChI is InChI=1S/C14H21BrO2/c1-4-5-11(2)10-17-13-7-6-12(9-15)8-14(13)16-3/h6-8,11H,4-5,9-10H2,1-3H3. The van der Waals surface area contributed by atoms with Crippen LogP contribution in [0.3, 0.4) is 0 Å². The molecular weight excluding hydrogens is 280 g/mol. The fourth-order valence-corrected chi connectivity index (χ4v) is 2.07. The summed E-state index contributed by atoms with van der Waals surface area (Å²) in [5.41, 5.74) is 1.19. The van der Waals surface area contributed by atoms with E-state index in [0.29, 0.717) is 5.92 Å². The lowest BCUT2D eigenvalue weighted by molar-refractivity contribution is 0.240. The molecule has 96 valence electrons. The minimum Gasteiger partial charge on any atom is -0.493 e. The zero-order valence-electron chi connectivity index (χ0n) is 10.8. The molecule has 0 heterocycles. The normalized spacial score (nSPS) is 12.2. The fraction of sp³-hybridized carbons (Fsp3) is 0.571. The van der Waals surface area contributed by atoms with Gasteiger partial charge in [-0.1, -0.05) is 42.3 Å². The van der Waals surface area contributed by atoms with Crippen molar-refractivity contribution in [3.05, 3.63) is 23.8 Å². The molecule has 1 rings (SSSR count). The van der Waals surface area contributed by atoms with Crippen LogP contribution in [0.15, 0.2) is 18.2 Å². The number of hydrogen-bond acceptors (Lipinski definition) is 2. The molecule has 0 saturated carbocycles. The van der Waals surface area contributed by atoms with Crippen molar-refractivity contribution >= 4 is 15.9 Å². The Morgan fingerprint density at radius 2 is 2.06 bits per heavy atom. The van der Waals surface area contributed by atoms with Gasteiger partial charge in [-0.25, -0.2) is 0 Å². The molecule has 0 amide bonds. The Morgan fingerprint density at radius 1 is 1.29 bits per heavy atom. The van der Waals surface area contributed by atoms with E-state index in [4.69, 9.17) is 9.47 Å². The lowest BCUT2D eigenvalue weighted by Crippen LogP contribution is -2.08. The third kappa shape index (κ3) is 4.58. The van der Waals surface area contributed by atoms with Crippen LogP contribution in [0, 0.1) is 5.92 Å². The summed E-state index contributed by atoms with van der Waals surface area (Å²) >= 11 is 3.43. The average molecular weight is 301 g/mol. The third-order valence-corrected chi connectivity index (χ3v) is 3.33. The molecule has 0 N–H and O–H groups in total. The molecule has 0 aliphatic rings. The van der Waals surface area contributed by atoms with Crippen molar-refractivity contribution < 1.29 is 9.47 Å². The highest BCUT2D eigenvalue weighted by Gasteiger charge is 2.07. The quantitative estimate of drug-likeness (QED) is 0.695. The molecule has 1 aromatic carbocycles. The average Bonchev–Trinajstić information content (AvgIpc) is 2.36. The summed E-state index contributed by atoms with van der Waals surface area (Å²) in [7, 11) is 1.68. The Hall–Kier alpha value is -0.700. The van der Waals surface area contributed by atoms with E-state index in [2.05, 4.69) is 35.8 Å². The second kappa shape index (κ2) is 7.59. The maximum absolute atomic E-state index is 5.80. The third-order valence-electron chi connectivity index (χ3n) is 2.69. The van der Waals surface area contributed by atoms with Crippen LogP contribution in [0.25, 0.3) is 0 Å². The van der Waals surface area contributed by atoms with Gasteiger partial charge in [0, 0.05) is 5.33 Å². The molecule has 2 nitrogen and oxygen atoms in total. The van der Waals surface area contributed by atoms with Crippen LogP contribution in [-0.4, -0.2) is 13.7 Å². The van der Waals surface area contributed by atoms with Crippen LogP contribution in [-0.2, 0) is 5.33 Å². The van der Waals surface area contributed by atoms with E-state index in [1.54, 1.807) is 7.11 Å². The van der Waals surface area contributed by atoms with Gasteiger partial charge in [-0.05, 0) is 30.0 Å². The molecule has 0 aromatic heterocycles. The molecule has 0 bridgehead atoms. The molecule has 0 aliphatic carbocycles. The monoisotopic (exact) mass is 300 g/mol. The van der Waals surface area contributed by atoms with Gasteiger partial charge in [-0.3, -0.25) is 0 Å². The number of ether oxygens (including phenoxy) is 2. The first-order valence-corrected chi connectivity index (χ1v) is 7.19. The smallest absolute Gasteiger partial charge is 0.161 e. The number of methoxy groups -OCH3 is 1. The maximum atomic E-state index is 5.80. The van der Waals surface area contributed by atoms with Gasteiger partial charge in [-0.15, -0.1) is 0 Å². The van der Waals surface area contributed by atoms with E-state index >= 15 is 0 Å². The van der Waals surface area contributed by atoms with Crippen molar-refractivity contribution in [3.63, 3.8) is 0 Å². The highest BCUT2D eigenvalue weighted by molar-refractivity contribution is 9.08. The molecule has 0 aliphatic heterocycles. The maximum Gasteiger partial charge on any atom is 0.161 e. The van der Waals surface area contributed by atoms with Crippen molar-refractivity contribution in [2.75, 3.05) is 13.7 Å². The van der Waals surface area contributed by atoms with E-state index < -0.39 is 0 Å². The highest BCUT2D eigenvalue weighted by atomic mass is 79.9. The molecule has 0 spiro atoms. The second-order valence-corrected chi connectivity index (χ2v) is 4.88. The molecule has 3 heteroatoms. The number of halogens is 1. The molecule has 1 atom stereocenters. The van der Waals surface area contributed by atoms with E-state index in [-0.39, 0.29) is 0 Å². The van der Waals surface area contributed by atoms with Crippen LogP contribution in [0.2, 0.25) is 0 Å². The largest absolute Gasteiger partial charge is 0.493 e. The topological polar surface area (TPSA) is 18.5 Å². The molecule has 1 unspecified atom stereocenters. The Balaban J connectivity index is 2.63. The zero-order valence-corrected chi connectivity index (χ0v) is 12.4. The zero-order chi connectivity index (χ0) is 12.7. The summed E-state index contributed by atoms with van der Waals surface area (Å²) in [5.74, 6) is 2.23. The molecule has 0 radical (unpaired) electrons. The summed E-state index contributed by atoms with van der Waals surface area (Å²) in [6, 6.07) is 6.04. The van der Waals surface area contributed by atoms with E-state index in [9.17, 15) is 0 Å². The lowest BCUT2D eigenvalue weighted by atomic mass is 10.1. The first-order valence-electron chi connectivity index (χ1n) is 6.06. The fourth-order valence-electron chi connectivity index (χ4n) is 1.72. The molecular formula is C14H21BrO2.